The van der Waals surface area contributed by atoms with Crippen molar-refractivity contribution in [2.75, 3.05) is 4.90 Å². The summed E-state index contributed by atoms with van der Waals surface area (Å²) in [6, 6.07) is 19.8. The summed E-state index contributed by atoms with van der Waals surface area (Å²) in [5, 5.41) is 3.70. The van der Waals surface area contributed by atoms with E-state index in [9.17, 15) is 9.59 Å². The van der Waals surface area contributed by atoms with Crippen LogP contribution in [0.1, 0.15) is 52.0 Å². The maximum absolute atomic E-state index is 13.4. The zero-order valence-electron chi connectivity index (χ0n) is 18.2. The van der Waals surface area contributed by atoms with Crippen molar-refractivity contribution in [1.82, 2.24) is 5.32 Å². The van der Waals surface area contributed by atoms with E-state index in [1.165, 1.54) is 11.1 Å². The fraction of sp³-hybridized carbons (Fsp3) is 0.259. The number of hydrogen-bond donors (Lipinski definition) is 1. The van der Waals surface area contributed by atoms with Gasteiger partial charge in [-0.3, -0.25) is 9.59 Å². The topological polar surface area (TPSA) is 49.4 Å². The number of benzene rings is 3. The molecule has 2 aliphatic heterocycles. The fourth-order valence-corrected chi connectivity index (χ4v) is 4.93. The van der Waals surface area contributed by atoms with Crippen molar-refractivity contribution < 1.29 is 9.59 Å². The van der Waals surface area contributed by atoms with Gasteiger partial charge in [-0.1, -0.05) is 54.1 Å². The van der Waals surface area contributed by atoms with Crippen LogP contribution >= 0.6 is 11.6 Å². The number of carbonyl (C=O) groups excluding carboxylic acids is 2. The van der Waals surface area contributed by atoms with Gasteiger partial charge in [0.25, 0.3) is 5.91 Å². The number of nitrogens with zero attached hydrogens (tertiary/aromatic N) is 1. The standard InChI is InChI=1S/C27H25ClN2O2/c1-27(2)22-11-10-19-14-24(22)30(26(27)32)16-21-13-17(8-12-23(21)28)7-9-18-5-3-4-6-20(18)15-29-25(19)31/h3-6,8,10-14H,7,9,15-16H2,1-2H3,(H,29,31). The molecule has 2 heterocycles. The van der Waals surface area contributed by atoms with Crippen molar-refractivity contribution in [3.63, 3.8) is 0 Å². The highest BCUT2D eigenvalue weighted by Gasteiger charge is 2.44. The Bertz CT molecular complexity index is 1250. The number of amides is 2. The first-order valence-electron chi connectivity index (χ1n) is 10.9. The van der Waals surface area contributed by atoms with Crippen LogP contribution in [0.15, 0.2) is 60.7 Å². The normalized spacial score (nSPS) is 17.3. The third-order valence-corrected chi connectivity index (χ3v) is 7.05. The van der Waals surface area contributed by atoms with E-state index in [1.54, 1.807) is 4.90 Å². The molecular formula is C27H25ClN2O2. The Morgan fingerprint density at radius 1 is 0.906 bits per heavy atom. The maximum atomic E-state index is 13.4. The Kier molecular flexibility index (Phi) is 5.06. The Balaban J connectivity index is 1.64. The van der Waals surface area contributed by atoms with Crippen LogP contribution in [0.25, 0.3) is 0 Å². The van der Waals surface area contributed by atoms with Gasteiger partial charge in [-0.15, -0.1) is 0 Å². The molecule has 0 aliphatic carbocycles. The molecule has 2 amide bonds. The molecule has 4 nitrogen and oxygen atoms in total. The third-order valence-electron chi connectivity index (χ3n) is 6.68. The first-order valence-corrected chi connectivity index (χ1v) is 11.3. The van der Waals surface area contributed by atoms with Crippen molar-refractivity contribution >= 4 is 29.1 Å². The number of nitrogens with one attached hydrogen (secondary N) is 1. The molecular weight excluding hydrogens is 420 g/mol. The SMILES string of the molecule is CC1(C)C(=O)N2Cc3cc(ccc3Cl)CCc3ccccc3CNC(=O)c3ccc1c2c3. The summed E-state index contributed by atoms with van der Waals surface area (Å²) in [5.41, 5.74) is 6.03. The number of halogens is 1. The first-order chi connectivity index (χ1) is 15.3. The van der Waals surface area contributed by atoms with E-state index in [0.29, 0.717) is 23.7 Å². The van der Waals surface area contributed by atoms with E-state index < -0.39 is 5.41 Å². The molecule has 0 atom stereocenters. The molecule has 3 aromatic rings. The Morgan fingerprint density at radius 2 is 1.69 bits per heavy atom. The molecule has 32 heavy (non-hydrogen) atoms. The van der Waals surface area contributed by atoms with Crippen molar-refractivity contribution in [3.8, 4) is 0 Å². The number of anilines is 1. The van der Waals surface area contributed by atoms with Crippen molar-refractivity contribution in [1.29, 1.82) is 0 Å². The maximum Gasteiger partial charge on any atom is 0.251 e. The molecule has 0 saturated carbocycles. The summed E-state index contributed by atoms with van der Waals surface area (Å²) in [6.07, 6.45) is 1.72. The van der Waals surface area contributed by atoms with E-state index in [2.05, 4.69) is 29.6 Å². The molecule has 0 fully saturated rings. The molecule has 1 N–H and O–H groups in total. The highest BCUT2D eigenvalue weighted by molar-refractivity contribution is 6.31. The molecule has 5 heteroatoms. The quantitative estimate of drug-likeness (QED) is 0.518. The number of rotatable bonds is 0. The lowest BCUT2D eigenvalue weighted by molar-refractivity contribution is -0.122. The minimum atomic E-state index is -0.654. The molecule has 0 aromatic heterocycles. The number of aryl methyl sites for hydroxylation is 2. The number of hydrogen-bond acceptors (Lipinski definition) is 2. The van der Waals surface area contributed by atoms with E-state index >= 15 is 0 Å². The monoisotopic (exact) mass is 444 g/mol. The van der Waals surface area contributed by atoms with Crippen LogP contribution in [0.3, 0.4) is 0 Å². The lowest BCUT2D eigenvalue weighted by Crippen LogP contribution is -2.35. The second-order valence-corrected chi connectivity index (χ2v) is 9.53. The Hall–Kier alpha value is -3.11. The third kappa shape index (κ3) is 3.49. The van der Waals surface area contributed by atoms with Crippen molar-refractivity contribution in [3.05, 3.63) is 99.1 Å². The highest BCUT2D eigenvalue weighted by Crippen LogP contribution is 2.43. The minimum absolute atomic E-state index is 0.0169. The van der Waals surface area contributed by atoms with Gasteiger partial charge in [-0.05, 0) is 72.7 Å². The molecule has 0 unspecified atom stereocenters. The smallest absolute Gasteiger partial charge is 0.251 e. The van der Waals surface area contributed by atoms with Gasteiger partial charge in [-0.25, -0.2) is 0 Å². The average molecular weight is 445 g/mol. The van der Waals surface area contributed by atoms with Gasteiger partial charge in [0.15, 0.2) is 0 Å². The lowest BCUT2D eigenvalue weighted by atomic mass is 9.86. The van der Waals surface area contributed by atoms with Gasteiger partial charge < -0.3 is 10.2 Å². The Labute approximate surface area is 193 Å². The van der Waals surface area contributed by atoms with Gasteiger partial charge in [0.05, 0.1) is 12.0 Å². The molecule has 0 radical (unpaired) electrons. The van der Waals surface area contributed by atoms with Crippen LogP contribution in [0.5, 0.6) is 0 Å². The molecule has 0 saturated heterocycles. The second-order valence-electron chi connectivity index (χ2n) is 9.13. The van der Waals surface area contributed by atoms with Crippen LogP contribution in [0.4, 0.5) is 5.69 Å². The van der Waals surface area contributed by atoms with Crippen LogP contribution in [-0.2, 0) is 36.1 Å². The van der Waals surface area contributed by atoms with E-state index in [1.807, 2.05) is 50.2 Å². The Morgan fingerprint density at radius 3 is 2.50 bits per heavy atom. The van der Waals surface area contributed by atoms with Gasteiger partial charge in [-0.2, -0.15) is 0 Å². The fourth-order valence-electron chi connectivity index (χ4n) is 4.75. The zero-order chi connectivity index (χ0) is 22.5. The largest absolute Gasteiger partial charge is 0.348 e. The van der Waals surface area contributed by atoms with E-state index in [4.69, 9.17) is 11.6 Å². The van der Waals surface area contributed by atoms with E-state index in [0.717, 1.165) is 35.2 Å². The predicted molar refractivity (Wildman–Crippen MR) is 127 cm³/mol. The van der Waals surface area contributed by atoms with Gasteiger partial charge in [0.2, 0.25) is 5.91 Å². The second kappa shape index (κ2) is 7.79. The lowest BCUT2D eigenvalue weighted by Gasteiger charge is -2.21. The molecule has 162 valence electrons. The average Bonchev–Trinajstić information content (AvgIpc) is 2.98. The van der Waals surface area contributed by atoms with Crippen LogP contribution in [0.2, 0.25) is 5.02 Å². The van der Waals surface area contributed by atoms with Crippen LogP contribution in [0, 0.1) is 0 Å². The predicted octanol–water partition coefficient (Wildman–Crippen LogP) is 5.19. The van der Waals surface area contributed by atoms with Crippen LogP contribution < -0.4 is 10.2 Å². The number of carbonyl (C=O) groups is 2. The number of fused-ring (bicyclic) bond motifs is 4. The molecule has 5 rings (SSSR count). The van der Waals surface area contributed by atoms with E-state index in [-0.39, 0.29) is 11.8 Å². The summed E-state index contributed by atoms with van der Waals surface area (Å²) >= 11 is 6.55. The van der Waals surface area contributed by atoms with Gasteiger partial charge in [0.1, 0.15) is 0 Å². The first kappa shape index (κ1) is 20.8. The summed E-state index contributed by atoms with van der Waals surface area (Å²) < 4.78 is 0. The summed E-state index contributed by atoms with van der Waals surface area (Å²) in [6.45, 7) is 4.71. The van der Waals surface area contributed by atoms with Crippen molar-refractivity contribution in [2.45, 2.75) is 45.2 Å². The molecule has 2 aliphatic rings. The van der Waals surface area contributed by atoms with Crippen LogP contribution in [-0.4, -0.2) is 11.8 Å². The molecule has 0 spiro atoms. The zero-order valence-corrected chi connectivity index (χ0v) is 19.0. The summed E-state index contributed by atoms with van der Waals surface area (Å²) in [5.74, 6) is -0.128. The van der Waals surface area contributed by atoms with Crippen molar-refractivity contribution in [2.24, 2.45) is 0 Å². The highest BCUT2D eigenvalue weighted by atomic mass is 35.5. The summed E-state index contributed by atoms with van der Waals surface area (Å²) in [7, 11) is 0. The van der Waals surface area contributed by atoms with Gasteiger partial charge in [0, 0.05) is 22.8 Å². The molecule has 4 bridgehead atoms. The summed E-state index contributed by atoms with van der Waals surface area (Å²) in [4.78, 5) is 28.1. The minimum Gasteiger partial charge on any atom is -0.348 e. The van der Waals surface area contributed by atoms with Gasteiger partial charge >= 0.3 is 0 Å². The molecule has 3 aromatic carbocycles.